The highest BCUT2D eigenvalue weighted by atomic mass is 19.1. The Balaban J connectivity index is 0.000000442. The normalized spacial score (nSPS) is 19.1. The summed E-state index contributed by atoms with van der Waals surface area (Å²) in [7, 11) is 3.22. The lowest BCUT2D eigenvalue weighted by atomic mass is 9.81. The summed E-state index contributed by atoms with van der Waals surface area (Å²) in [6.45, 7) is 4.38. The third-order valence-electron chi connectivity index (χ3n) is 7.64. The van der Waals surface area contributed by atoms with E-state index in [0.29, 0.717) is 42.1 Å². The molecule has 4 aromatic rings. The van der Waals surface area contributed by atoms with Crippen LogP contribution in [-0.2, 0) is 28.9 Å². The molecule has 0 saturated heterocycles. The van der Waals surface area contributed by atoms with E-state index in [1.807, 2.05) is 19.9 Å². The van der Waals surface area contributed by atoms with Gasteiger partial charge in [-0.15, -0.1) is 0 Å². The van der Waals surface area contributed by atoms with Gasteiger partial charge in [0.2, 0.25) is 0 Å². The summed E-state index contributed by atoms with van der Waals surface area (Å²) in [6, 6.07) is 17.4. The second-order valence-electron chi connectivity index (χ2n) is 10.5. The molecule has 0 bridgehead atoms. The van der Waals surface area contributed by atoms with Crippen molar-refractivity contribution in [1.29, 1.82) is 0 Å². The number of benzene rings is 4. The molecule has 2 heterocycles. The second kappa shape index (κ2) is 12.4. The SMILES string of the molecule is COc1cc(OC)c(-c2cc(O)c(O)c3c2CC(C)OC3c2ccc(F)cc2)c2c1CO[C@@H](C)C2.Fc1ccccc1. The van der Waals surface area contributed by atoms with Crippen LogP contribution in [0.25, 0.3) is 11.1 Å². The van der Waals surface area contributed by atoms with Crippen molar-refractivity contribution in [2.45, 2.75) is 51.6 Å². The molecule has 0 aromatic heterocycles. The predicted molar refractivity (Wildman–Crippen MR) is 155 cm³/mol. The molecule has 0 radical (unpaired) electrons. The van der Waals surface area contributed by atoms with E-state index in [1.54, 1.807) is 50.6 Å². The summed E-state index contributed by atoms with van der Waals surface area (Å²) in [6.07, 6.45) is 0.313. The fraction of sp³-hybridized carbons (Fsp3) is 0.294. The number of fused-ring (bicyclic) bond motifs is 2. The highest BCUT2D eigenvalue weighted by Crippen LogP contribution is 2.52. The first-order chi connectivity index (χ1) is 20.2. The number of methoxy groups -OCH3 is 2. The number of hydrogen-bond donors (Lipinski definition) is 2. The number of phenols is 2. The molecule has 4 aromatic carbocycles. The van der Waals surface area contributed by atoms with Gasteiger partial charge in [0.25, 0.3) is 0 Å². The molecule has 0 aliphatic carbocycles. The Morgan fingerprint density at radius 1 is 0.762 bits per heavy atom. The molecule has 6 nitrogen and oxygen atoms in total. The molecule has 0 amide bonds. The zero-order valence-corrected chi connectivity index (χ0v) is 24.0. The van der Waals surface area contributed by atoms with Gasteiger partial charge in [-0.3, -0.25) is 0 Å². The van der Waals surface area contributed by atoms with Gasteiger partial charge in [0, 0.05) is 22.8 Å². The minimum Gasteiger partial charge on any atom is -0.504 e. The van der Waals surface area contributed by atoms with Gasteiger partial charge in [0.1, 0.15) is 29.2 Å². The van der Waals surface area contributed by atoms with Crippen molar-refractivity contribution in [3.8, 4) is 34.1 Å². The van der Waals surface area contributed by atoms with Crippen LogP contribution in [-0.4, -0.2) is 36.6 Å². The molecule has 2 unspecified atom stereocenters. The average Bonchev–Trinajstić information content (AvgIpc) is 2.99. The molecule has 2 aliphatic heterocycles. The highest BCUT2D eigenvalue weighted by molar-refractivity contribution is 5.83. The monoisotopic (exact) mass is 576 g/mol. The van der Waals surface area contributed by atoms with Crippen molar-refractivity contribution in [1.82, 2.24) is 0 Å². The number of halogens is 2. The molecular weight excluding hydrogens is 542 g/mol. The van der Waals surface area contributed by atoms with Gasteiger partial charge in [-0.2, -0.15) is 0 Å². The van der Waals surface area contributed by atoms with Crippen LogP contribution in [0.5, 0.6) is 23.0 Å². The minimum absolute atomic E-state index is 0.00572. The molecule has 6 rings (SSSR count). The third kappa shape index (κ3) is 5.78. The van der Waals surface area contributed by atoms with Gasteiger partial charge in [-0.25, -0.2) is 8.78 Å². The summed E-state index contributed by atoms with van der Waals surface area (Å²) in [4.78, 5) is 0. The van der Waals surface area contributed by atoms with E-state index in [0.717, 1.165) is 27.8 Å². The van der Waals surface area contributed by atoms with Crippen molar-refractivity contribution in [3.05, 3.63) is 106 Å². The molecule has 0 saturated carbocycles. The van der Waals surface area contributed by atoms with Crippen molar-refractivity contribution in [2.75, 3.05) is 14.2 Å². The van der Waals surface area contributed by atoms with Crippen molar-refractivity contribution < 1.29 is 37.9 Å². The molecule has 3 atom stereocenters. The van der Waals surface area contributed by atoms with Crippen molar-refractivity contribution in [3.63, 3.8) is 0 Å². The lowest BCUT2D eigenvalue weighted by Crippen LogP contribution is -2.26. The van der Waals surface area contributed by atoms with E-state index in [9.17, 15) is 19.0 Å². The number of phenolic OH excluding ortho intramolecular Hbond substituents is 2. The molecular formula is C34H34F2O6. The first-order valence-electron chi connectivity index (χ1n) is 13.8. The molecule has 0 spiro atoms. The van der Waals surface area contributed by atoms with Gasteiger partial charge in [-0.1, -0.05) is 30.3 Å². The zero-order chi connectivity index (χ0) is 30.0. The number of hydrogen-bond acceptors (Lipinski definition) is 6. The largest absolute Gasteiger partial charge is 0.504 e. The first kappa shape index (κ1) is 29.4. The lowest BCUT2D eigenvalue weighted by molar-refractivity contribution is 0.00585. The maximum Gasteiger partial charge on any atom is 0.164 e. The fourth-order valence-electron chi connectivity index (χ4n) is 5.70. The van der Waals surface area contributed by atoms with Gasteiger partial charge < -0.3 is 29.2 Å². The Hall–Kier alpha value is -4.14. The standard InChI is InChI=1S/C28H29FO6.C6H5F/c1-14-9-19-21(13-34-14)23(32-3)12-24(33-4)25(19)20-11-22(30)27(31)26-18(20)10-15(2)35-28(26)16-5-7-17(29)8-6-16;7-6-4-2-1-3-5-6/h5-8,11-12,14-15,28,30-31H,9-10,13H2,1-4H3;1-5H/t14-,15?,28?;/m0./s1. The smallest absolute Gasteiger partial charge is 0.164 e. The Kier molecular flexibility index (Phi) is 8.66. The summed E-state index contributed by atoms with van der Waals surface area (Å²) < 4.78 is 49.1. The summed E-state index contributed by atoms with van der Waals surface area (Å²) in [5, 5.41) is 21.9. The highest BCUT2D eigenvalue weighted by Gasteiger charge is 2.35. The topological polar surface area (TPSA) is 77.4 Å². The Labute approximate surface area is 244 Å². The van der Waals surface area contributed by atoms with Crippen LogP contribution in [0.1, 0.15) is 47.8 Å². The predicted octanol–water partition coefficient (Wildman–Crippen LogP) is 7.26. The van der Waals surface area contributed by atoms with Gasteiger partial charge in [0.05, 0.1) is 33.0 Å². The lowest BCUT2D eigenvalue weighted by Gasteiger charge is -2.34. The maximum atomic E-state index is 13.6. The molecule has 2 aliphatic rings. The molecule has 8 heteroatoms. The maximum absolute atomic E-state index is 13.6. The first-order valence-corrected chi connectivity index (χ1v) is 13.8. The minimum atomic E-state index is -0.664. The van der Waals surface area contributed by atoms with E-state index in [4.69, 9.17) is 18.9 Å². The van der Waals surface area contributed by atoms with Gasteiger partial charge in [0.15, 0.2) is 11.5 Å². The fourth-order valence-corrected chi connectivity index (χ4v) is 5.70. The van der Waals surface area contributed by atoms with Crippen LogP contribution in [0.3, 0.4) is 0 Å². The van der Waals surface area contributed by atoms with Gasteiger partial charge in [-0.05, 0) is 79.3 Å². The summed E-state index contributed by atoms with van der Waals surface area (Å²) in [5.41, 5.74) is 5.62. The Bertz CT molecular complexity index is 1560. The molecule has 2 N–H and O–H groups in total. The third-order valence-corrected chi connectivity index (χ3v) is 7.64. The second-order valence-corrected chi connectivity index (χ2v) is 10.5. The summed E-state index contributed by atoms with van der Waals surface area (Å²) >= 11 is 0. The van der Waals surface area contributed by atoms with Gasteiger partial charge >= 0.3 is 0 Å². The van der Waals surface area contributed by atoms with Crippen LogP contribution in [0.2, 0.25) is 0 Å². The summed E-state index contributed by atoms with van der Waals surface area (Å²) in [5.74, 6) is 0.274. The van der Waals surface area contributed by atoms with E-state index >= 15 is 0 Å². The molecule has 42 heavy (non-hydrogen) atoms. The number of ether oxygens (including phenoxy) is 4. The van der Waals surface area contributed by atoms with Crippen LogP contribution in [0.15, 0.2) is 66.7 Å². The Morgan fingerprint density at radius 3 is 2.02 bits per heavy atom. The van der Waals surface area contributed by atoms with E-state index < -0.39 is 6.10 Å². The Morgan fingerprint density at radius 2 is 1.40 bits per heavy atom. The zero-order valence-electron chi connectivity index (χ0n) is 24.0. The molecule has 220 valence electrons. The average molecular weight is 577 g/mol. The van der Waals surface area contributed by atoms with E-state index in [2.05, 4.69) is 0 Å². The molecule has 0 fully saturated rings. The van der Waals surface area contributed by atoms with Crippen LogP contribution in [0, 0.1) is 11.6 Å². The van der Waals surface area contributed by atoms with E-state index in [-0.39, 0.29) is 35.3 Å². The van der Waals surface area contributed by atoms with Crippen molar-refractivity contribution in [2.24, 2.45) is 0 Å². The van der Waals surface area contributed by atoms with Crippen LogP contribution >= 0.6 is 0 Å². The quantitative estimate of drug-likeness (QED) is 0.249. The van der Waals surface area contributed by atoms with E-state index in [1.165, 1.54) is 24.3 Å². The van der Waals surface area contributed by atoms with Crippen LogP contribution < -0.4 is 9.47 Å². The number of rotatable bonds is 4. The van der Waals surface area contributed by atoms with Crippen molar-refractivity contribution >= 4 is 0 Å². The van der Waals surface area contributed by atoms with Crippen LogP contribution in [0.4, 0.5) is 8.78 Å². The number of aromatic hydroxyl groups is 2.